The number of methoxy groups -OCH3 is 1. The van der Waals surface area contributed by atoms with Gasteiger partial charge in [0.2, 0.25) is 0 Å². The Labute approximate surface area is 94.2 Å². The lowest BCUT2D eigenvalue weighted by Gasteiger charge is -2.27. The van der Waals surface area contributed by atoms with Crippen molar-refractivity contribution in [2.75, 3.05) is 20.3 Å². The highest BCUT2D eigenvalue weighted by Crippen LogP contribution is 2.11. The van der Waals surface area contributed by atoms with Crippen molar-refractivity contribution < 1.29 is 24.2 Å². The van der Waals surface area contributed by atoms with Crippen LogP contribution in [-0.2, 0) is 14.3 Å². The summed E-state index contributed by atoms with van der Waals surface area (Å²) in [5.41, 5.74) is -1.45. The predicted octanol–water partition coefficient (Wildman–Crippen LogP) is 0.778. The minimum absolute atomic E-state index is 0.0260. The molecular formula is C10H17NO5. The molecule has 16 heavy (non-hydrogen) atoms. The second kappa shape index (κ2) is 6.84. The largest absolute Gasteiger partial charge is 0.479 e. The molecule has 0 spiro atoms. The Morgan fingerprint density at radius 2 is 2.19 bits per heavy atom. The van der Waals surface area contributed by atoms with Crippen LogP contribution in [-0.4, -0.2) is 43.0 Å². The lowest BCUT2D eigenvalue weighted by Crippen LogP contribution is -2.57. The Kier molecular flexibility index (Phi) is 6.17. The van der Waals surface area contributed by atoms with Gasteiger partial charge in [0.05, 0.1) is 6.61 Å². The van der Waals surface area contributed by atoms with E-state index in [1.165, 1.54) is 13.2 Å². The van der Waals surface area contributed by atoms with Gasteiger partial charge < -0.3 is 19.9 Å². The van der Waals surface area contributed by atoms with Crippen LogP contribution in [0.25, 0.3) is 0 Å². The summed E-state index contributed by atoms with van der Waals surface area (Å²) in [7, 11) is 1.37. The third-order valence-electron chi connectivity index (χ3n) is 2.08. The number of hydrogen-bond donors (Lipinski definition) is 2. The smallest absolute Gasteiger partial charge is 0.408 e. The van der Waals surface area contributed by atoms with E-state index in [0.717, 1.165) is 0 Å². The van der Waals surface area contributed by atoms with E-state index in [1.54, 1.807) is 6.92 Å². The number of aliphatic carboxylic acids is 1. The molecule has 0 aromatic heterocycles. The molecule has 0 aliphatic heterocycles. The van der Waals surface area contributed by atoms with Gasteiger partial charge in [0.1, 0.15) is 6.61 Å². The van der Waals surface area contributed by atoms with Crippen molar-refractivity contribution in [1.82, 2.24) is 5.32 Å². The maximum absolute atomic E-state index is 11.3. The SMILES string of the molecule is C=CCOC(=O)NC(CC)(COC)C(=O)O. The van der Waals surface area contributed by atoms with Crippen molar-refractivity contribution in [3.8, 4) is 0 Å². The van der Waals surface area contributed by atoms with E-state index in [9.17, 15) is 9.59 Å². The average Bonchev–Trinajstić information content (AvgIpc) is 2.25. The fourth-order valence-corrected chi connectivity index (χ4v) is 1.11. The molecule has 0 heterocycles. The maximum atomic E-state index is 11.3. The Hall–Kier alpha value is -1.56. The lowest BCUT2D eigenvalue weighted by molar-refractivity contribution is -0.147. The number of carbonyl (C=O) groups excluding carboxylic acids is 1. The highest BCUT2D eigenvalue weighted by atomic mass is 16.5. The van der Waals surface area contributed by atoms with Crippen molar-refractivity contribution in [2.24, 2.45) is 0 Å². The minimum atomic E-state index is -1.45. The molecule has 6 nitrogen and oxygen atoms in total. The molecule has 0 aromatic carbocycles. The Bertz CT molecular complexity index is 266. The van der Waals surface area contributed by atoms with Gasteiger partial charge in [0.25, 0.3) is 0 Å². The fourth-order valence-electron chi connectivity index (χ4n) is 1.11. The Morgan fingerprint density at radius 1 is 1.56 bits per heavy atom. The number of carboxylic acid groups (broad SMARTS) is 1. The van der Waals surface area contributed by atoms with E-state index in [-0.39, 0.29) is 19.6 Å². The van der Waals surface area contributed by atoms with E-state index in [2.05, 4.69) is 16.6 Å². The standard InChI is InChI=1S/C10H17NO5/c1-4-6-16-9(14)11-10(5-2,7-15-3)8(12)13/h4H,1,5-7H2,2-3H3,(H,11,14)(H,12,13). The Balaban J connectivity index is 4.58. The second-order valence-corrected chi connectivity index (χ2v) is 3.19. The van der Waals surface area contributed by atoms with Crippen LogP contribution >= 0.6 is 0 Å². The van der Waals surface area contributed by atoms with Crippen molar-refractivity contribution in [1.29, 1.82) is 0 Å². The van der Waals surface area contributed by atoms with Crippen molar-refractivity contribution >= 4 is 12.1 Å². The van der Waals surface area contributed by atoms with Gasteiger partial charge in [-0.2, -0.15) is 0 Å². The van der Waals surface area contributed by atoms with Gasteiger partial charge in [0.15, 0.2) is 5.54 Å². The zero-order valence-electron chi connectivity index (χ0n) is 9.49. The number of amides is 1. The number of nitrogens with one attached hydrogen (secondary N) is 1. The maximum Gasteiger partial charge on any atom is 0.408 e. The highest BCUT2D eigenvalue weighted by molar-refractivity contribution is 5.84. The van der Waals surface area contributed by atoms with Crippen LogP contribution < -0.4 is 5.32 Å². The molecule has 0 saturated carbocycles. The molecule has 0 radical (unpaired) electrons. The van der Waals surface area contributed by atoms with Gasteiger partial charge in [-0.15, -0.1) is 0 Å². The Morgan fingerprint density at radius 3 is 2.56 bits per heavy atom. The average molecular weight is 231 g/mol. The first-order valence-electron chi connectivity index (χ1n) is 4.80. The second-order valence-electron chi connectivity index (χ2n) is 3.19. The zero-order chi connectivity index (χ0) is 12.6. The molecule has 1 amide bonds. The number of alkyl carbamates (subject to hydrolysis) is 1. The number of rotatable bonds is 7. The molecule has 0 rings (SSSR count). The summed E-state index contributed by atoms with van der Waals surface area (Å²) in [6, 6.07) is 0. The van der Waals surface area contributed by atoms with Gasteiger partial charge in [-0.1, -0.05) is 19.6 Å². The molecule has 2 N–H and O–H groups in total. The van der Waals surface area contributed by atoms with Gasteiger partial charge in [0, 0.05) is 7.11 Å². The summed E-state index contributed by atoms with van der Waals surface area (Å²) >= 11 is 0. The molecule has 0 aliphatic rings. The summed E-state index contributed by atoms with van der Waals surface area (Å²) in [5, 5.41) is 11.3. The van der Waals surface area contributed by atoms with Crippen LogP contribution in [0.1, 0.15) is 13.3 Å². The molecule has 92 valence electrons. The third-order valence-corrected chi connectivity index (χ3v) is 2.08. The van der Waals surface area contributed by atoms with E-state index in [1.807, 2.05) is 0 Å². The van der Waals surface area contributed by atoms with Crippen LogP contribution in [0.4, 0.5) is 4.79 Å². The minimum Gasteiger partial charge on any atom is -0.479 e. The topological polar surface area (TPSA) is 84.9 Å². The fraction of sp³-hybridized carbons (Fsp3) is 0.600. The molecule has 0 aliphatic carbocycles. The van der Waals surface area contributed by atoms with Crippen molar-refractivity contribution in [2.45, 2.75) is 18.9 Å². The van der Waals surface area contributed by atoms with E-state index >= 15 is 0 Å². The van der Waals surface area contributed by atoms with Gasteiger partial charge in [-0.25, -0.2) is 9.59 Å². The summed E-state index contributed by atoms with van der Waals surface area (Å²) in [4.78, 5) is 22.3. The molecule has 1 unspecified atom stereocenters. The normalized spacial score (nSPS) is 13.6. The zero-order valence-corrected chi connectivity index (χ0v) is 9.49. The van der Waals surface area contributed by atoms with Gasteiger partial charge >= 0.3 is 12.1 Å². The van der Waals surface area contributed by atoms with E-state index < -0.39 is 17.6 Å². The van der Waals surface area contributed by atoms with Gasteiger partial charge in [-0.05, 0) is 6.42 Å². The predicted molar refractivity (Wildman–Crippen MR) is 57.2 cm³/mol. The van der Waals surface area contributed by atoms with Crippen molar-refractivity contribution in [3.63, 3.8) is 0 Å². The van der Waals surface area contributed by atoms with Crippen LogP contribution in [0.15, 0.2) is 12.7 Å². The number of carboxylic acids is 1. The van der Waals surface area contributed by atoms with Crippen LogP contribution in [0, 0.1) is 0 Å². The van der Waals surface area contributed by atoms with Crippen LogP contribution in [0.3, 0.4) is 0 Å². The highest BCUT2D eigenvalue weighted by Gasteiger charge is 2.39. The molecule has 0 saturated heterocycles. The molecule has 0 fully saturated rings. The van der Waals surface area contributed by atoms with Crippen LogP contribution in [0.5, 0.6) is 0 Å². The van der Waals surface area contributed by atoms with Crippen LogP contribution in [0.2, 0.25) is 0 Å². The number of ether oxygens (including phenoxy) is 2. The quantitative estimate of drug-likeness (QED) is 0.632. The monoisotopic (exact) mass is 231 g/mol. The van der Waals surface area contributed by atoms with E-state index in [4.69, 9.17) is 9.84 Å². The first kappa shape index (κ1) is 14.4. The number of carbonyl (C=O) groups is 2. The summed E-state index contributed by atoms with van der Waals surface area (Å²) in [5.74, 6) is -1.16. The first-order valence-corrected chi connectivity index (χ1v) is 4.80. The first-order chi connectivity index (χ1) is 7.52. The molecule has 6 heteroatoms. The van der Waals surface area contributed by atoms with Gasteiger partial charge in [-0.3, -0.25) is 0 Å². The summed E-state index contributed by atoms with van der Waals surface area (Å²) in [6.07, 6.45) is 0.783. The molecule has 1 atom stereocenters. The lowest BCUT2D eigenvalue weighted by atomic mass is 9.98. The molecule has 0 aromatic rings. The molecular weight excluding hydrogens is 214 g/mol. The van der Waals surface area contributed by atoms with E-state index in [0.29, 0.717) is 0 Å². The summed E-state index contributed by atoms with van der Waals surface area (Å²) in [6.45, 7) is 4.92. The van der Waals surface area contributed by atoms with Crippen molar-refractivity contribution in [3.05, 3.63) is 12.7 Å². The summed E-state index contributed by atoms with van der Waals surface area (Å²) < 4.78 is 9.45. The molecule has 0 bridgehead atoms. The number of hydrogen-bond acceptors (Lipinski definition) is 4. The third kappa shape index (κ3) is 3.90.